The van der Waals surface area contributed by atoms with Gasteiger partial charge in [-0.2, -0.15) is 4.98 Å². The van der Waals surface area contributed by atoms with E-state index in [0.29, 0.717) is 6.29 Å². The Kier molecular flexibility index (Phi) is 1.49. The van der Waals surface area contributed by atoms with Crippen molar-refractivity contribution in [3.8, 4) is 0 Å². The predicted molar refractivity (Wildman–Crippen MR) is 36.2 cm³/mol. The number of hydrogen-bond donors (Lipinski definition) is 2. The minimum atomic E-state index is 0.0158. The Bertz CT molecular complexity index is 240. The largest absolute Gasteiger partial charge is 0.384 e. The molecule has 1 heterocycles. The Morgan fingerprint density at radius 1 is 1.40 bits per heavy atom. The van der Waals surface area contributed by atoms with E-state index < -0.39 is 0 Å². The molecule has 1 aromatic heterocycles. The number of nitrogen functional groups attached to an aromatic ring is 2. The second-order valence-electron chi connectivity index (χ2n) is 1.69. The van der Waals surface area contributed by atoms with Crippen molar-refractivity contribution in [1.82, 2.24) is 9.97 Å². The third-order valence-corrected chi connectivity index (χ3v) is 0.904. The van der Waals surface area contributed by atoms with Crippen molar-refractivity contribution in [1.29, 1.82) is 0 Å². The van der Waals surface area contributed by atoms with Gasteiger partial charge in [-0.25, -0.2) is 4.98 Å². The number of anilines is 2. The summed E-state index contributed by atoms with van der Waals surface area (Å²) in [7, 11) is 0. The van der Waals surface area contributed by atoms with Crippen molar-refractivity contribution in [2.75, 3.05) is 11.5 Å². The number of carbonyl (C=O) groups excluding carboxylic acids is 1. The maximum absolute atomic E-state index is 10.1. The third kappa shape index (κ3) is 1.19. The van der Waals surface area contributed by atoms with Gasteiger partial charge < -0.3 is 11.5 Å². The molecule has 0 radical (unpaired) electrons. The zero-order valence-electron chi connectivity index (χ0n) is 5.11. The molecule has 0 atom stereocenters. The fraction of sp³-hybridized carbons (Fsp3) is 0. The van der Waals surface area contributed by atoms with Crippen LogP contribution in [0.15, 0.2) is 6.07 Å². The Morgan fingerprint density at radius 2 is 2.10 bits per heavy atom. The van der Waals surface area contributed by atoms with Gasteiger partial charge in [0.25, 0.3) is 0 Å². The van der Waals surface area contributed by atoms with Crippen molar-refractivity contribution in [3.05, 3.63) is 11.8 Å². The third-order valence-electron chi connectivity index (χ3n) is 0.904. The first kappa shape index (κ1) is 6.47. The molecule has 52 valence electrons. The van der Waals surface area contributed by atoms with Crippen LogP contribution in [0.25, 0.3) is 0 Å². The van der Waals surface area contributed by atoms with E-state index in [2.05, 4.69) is 9.97 Å². The molecular weight excluding hydrogens is 132 g/mol. The molecule has 5 heteroatoms. The summed E-state index contributed by atoms with van der Waals surface area (Å²) in [6.07, 6.45) is 0.564. The second-order valence-corrected chi connectivity index (χ2v) is 1.69. The van der Waals surface area contributed by atoms with Crippen molar-refractivity contribution in [3.63, 3.8) is 0 Å². The first-order valence-corrected chi connectivity index (χ1v) is 2.57. The van der Waals surface area contributed by atoms with Gasteiger partial charge in [0, 0.05) is 6.07 Å². The van der Waals surface area contributed by atoms with Crippen LogP contribution in [-0.2, 0) is 0 Å². The fourth-order valence-corrected chi connectivity index (χ4v) is 0.566. The Labute approximate surface area is 57.1 Å². The van der Waals surface area contributed by atoms with Crippen LogP contribution in [-0.4, -0.2) is 16.3 Å². The van der Waals surface area contributed by atoms with Gasteiger partial charge in [-0.05, 0) is 0 Å². The number of hydrogen-bond acceptors (Lipinski definition) is 5. The van der Waals surface area contributed by atoms with E-state index in [9.17, 15) is 4.79 Å². The van der Waals surface area contributed by atoms with Crippen molar-refractivity contribution >= 4 is 18.1 Å². The Balaban J connectivity index is 3.18. The van der Waals surface area contributed by atoms with E-state index >= 15 is 0 Å². The molecule has 0 fully saturated rings. The molecule has 1 rings (SSSR count). The van der Waals surface area contributed by atoms with Gasteiger partial charge in [0.2, 0.25) is 5.95 Å². The summed E-state index contributed by atoms with van der Waals surface area (Å²) in [5.74, 6) is 0.219. The lowest BCUT2D eigenvalue weighted by molar-refractivity contribution is 0.111. The first-order chi connectivity index (χ1) is 4.72. The molecule has 0 aliphatic carbocycles. The zero-order chi connectivity index (χ0) is 7.56. The normalized spacial score (nSPS) is 9.20. The molecule has 0 aliphatic heterocycles. The average molecular weight is 138 g/mol. The summed E-state index contributed by atoms with van der Waals surface area (Å²) in [6, 6.07) is 1.35. The molecule has 0 spiro atoms. The predicted octanol–water partition coefficient (Wildman–Crippen LogP) is -0.547. The summed E-state index contributed by atoms with van der Waals surface area (Å²) in [6.45, 7) is 0. The van der Waals surface area contributed by atoms with Crippen LogP contribution >= 0.6 is 0 Å². The number of aromatic nitrogens is 2. The van der Waals surface area contributed by atoms with Crippen LogP contribution in [0.5, 0.6) is 0 Å². The lowest BCUT2D eigenvalue weighted by atomic mass is 10.4. The van der Waals surface area contributed by atoms with Gasteiger partial charge in [-0.15, -0.1) is 0 Å². The molecule has 0 saturated heterocycles. The molecule has 0 saturated carbocycles. The van der Waals surface area contributed by atoms with E-state index in [-0.39, 0.29) is 17.5 Å². The molecule has 10 heavy (non-hydrogen) atoms. The van der Waals surface area contributed by atoms with Gasteiger partial charge in [-0.3, -0.25) is 4.79 Å². The minimum Gasteiger partial charge on any atom is -0.384 e. The number of nitrogens with zero attached hydrogens (tertiary/aromatic N) is 2. The molecular formula is C5H6N4O. The van der Waals surface area contributed by atoms with Crippen LogP contribution in [0, 0.1) is 0 Å². The summed E-state index contributed by atoms with van der Waals surface area (Å²) in [5, 5.41) is 0. The summed E-state index contributed by atoms with van der Waals surface area (Å²) in [4.78, 5) is 17.2. The molecule has 1 aromatic rings. The topological polar surface area (TPSA) is 94.9 Å². The standard InChI is InChI=1S/C5H6N4O/c6-4-1-3(2-10)8-5(7)9-4/h1-2H,(H4,6,7,8,9). The van der Waals surface area contributed by atoms with Crippen LogP contribution in [0.1, 0.15) is 10.5 Å². The molecule has 5 nitrogen and oxygen atoms in total. The van der Waals surface area contributed by atoms with Gasteiger partial charge in [0.1, 0.15) is 11.5 Å². The summed E-state index contributed by atoms with van der Waals surface area (Å²) < 4.78 is 0. The highest BCUT2D eigenvalue weighted by molar-refractivity contribution is 5.73. The second kappa shape index (κ2) is 2.30. The van der Waals surface area contributed by atoms with Crippen LogP contribution < -0.4 is 11.5 Å². The molecule has 0 amide bonds. The van der Waals surface area contributed by atoms with E-state index in [1.54, 1.807) is 0 Å². The molecule has 0 bridgehead atoms. The summed E-state index contributed by atoms with van der Waals surface area (Å²) >= 11 is 0. The highest BCUT2D eigenvalue weighted by Crippen LogP contribution is 2.00. The quantitative estimate of drug-likeness (QED) is 0.508. The van der Waals surface area contributed by atoms with Gasteiger partial charge in [-0.1, -0.05) is 0 Å². The monoisotopic (exact) mass is 138 g/mol. The molecule has 4 N–H and O–H groups in total. The van der Waals surface area contributed by atoms with Gasteiger partial charge >= 0.3 is 0 Å². The van der Waals surface area contributed by atoms with E-state index in [1.165, 1.54) is 6.07 Å². The Morgan fingerprint density at radius 3 is 2.60 bits per heavy atom. The lowest BCUT2D eigenvalue weighted by Gasteiger charge is -1.94. The van der Waals surface area contributed by atoms with Crippen molar-refractivity contribution in [2.45, 2.75) is 0 Å². The van der Waals surface area contributed by atoms with Gasteiger partial charge in [0.15, 0.2) is 6.29 Å². The van der Waals surface area contributed by atoms with Crippen LogP contribution in [0.4, 0.5) is 11.8 Å². The average Bonchev–Trinajstić information content (AvgIpc) is 1.85. The summed E-state index contributed by atoms with van der Waals surface area (Å²) in [5.41, 5.74) is 10.6. The maximum Gasteiger partial charge on any atom is 0.222 e. The Hall–Kier alpha value is -1.65. The highest BCUT2D eigenvalue weighted by Gasteiger charge is 1.95. The highest BCUT2D eigenvalue weighted by atomic mass is 16.1. The van der Waals surface area contributed by atoms with E-state index in [1.807, 2.05) is 0 Å². The minimum absolute atomic E-state index is 0.0158. The smallest absolute Gasteiger partial charge is 0.222 e. The lowest BCUT2D eigenvalue weighted by Crippen LogP contribution is -2.01. The molecule has 0 aromatic carbocycles. The fourth-order valence-electron chi connectivity index (χ4n) is 0.566. The number of nitrogens with two attached hydrogens (primary N) is 2. The number of aldehydes is 1. The van der Waals surface area contributed by atoms with Crippen LogP contribution in [0.2, 0.25) is 0 Å². The zero-order valence-corrected chi connectivity index (χ0v) is 5.11. The van der Waals surface area contributed by atoms with Gasteiger partial charge in [0.05, 0.1) is 0 Å². The first-order valence-electron chi connectivity index (χ1n) is 2.57. The van der Waals surface area contributed by atoms with Crippen molar-refractivity contribution < 1.29 is 4.79 Å². The number of rotatable bonds is 1. The maximum atomic E-state index is 10.1. The van der Waals surface area contributed by atoms with E-state index in [4.69, 9.17) is 11.5 Å². The van der Waals surface area contributed by atoms with Crippen molar-refractivity contribution in [2.24, 2.45) is 0 Å². The molecule has 0 aliphatic rings. The molecule has 0 unspecified atom stereocenters. The van der Waals surface area contributed by atoms with Crippen LogP contribution in [0.3, 0.4) is 0 Å². The number of carbonyl (C=O) groups is 1. The van der Waals surface area contributed by atoms with E-state index in [0.717, 1.165) is 0 Å². The SMILES string of the molecule is Nc1cc(C=O)nc(N)n1.